The number of rotatable bonds is 8. The quantitative estimate of drug-likeness (QED) is 0.602. The van der Waals surface area contributed by atoms with Gasteiger partial charge in [-0.2, -0.15) is 0 Å². The zero-order chi connectivity index (χ0) is 17.5. The first-order valence-electron chi connectivity index (χ1n) is 7.42. The number of carbonyl (C=O) groups is 1. The zero-order valence-electron chi connectivity index (χ0n) is 13.5. The van der Waals surface area contributed by atoms with Crippen LogP contribution in [0.5, 0.6) is 0 Å². The van der Waals surface area contributed by atoms with Crippen molar-refractivity contribution in [3.63, 3.8) is 0 Å². The summed E-state index contributed by atoms with van der Waals surface area (Å²) in [7, 11) is 1.64. The number of hydrogen-bond donors (Lipinski definition) is 1. The maximum Gasteiger partial charge on any atom is 0.236 e. The van der Waals surface area contributed by atoms with Gasteiger partial charge in [-0.15, -0.1) is 21.5 Å². The van der Waals surface area contributed by atoms with Crippen molar-refractivity contribution in [2.75, 3.05) is 24.8 Å². The third-order valence-electron chi connectivity index (χ3n) is 3.19. The molecule has 1 N–H and O–H groups in total. The van der Waals surface area contributed by atoms with Crippen LogP contribution in [0.3, 0.4) is 0 Å². The number of aromatic nitrogens is 5. The largest absolute Gasteiger partial charge is 0.383 e. The Morgan fingerprint density at radius 1 is 1.32 bits per heavy atom. The van der Waals surface area contributed by atoms with Crippen molar-refractivity contribution in [1.29, 1.82) is 0 Å². The molecule has 0 atom stereocenters. The molecule has 0 aromatic carbocycles. The van der Waals surface area contributed by atoms with Crippen LogP contribution in [0, 0.1) is 0 Å². The van der Waals surface area contributed by atoms with Crippen LogP contribution in [0.25, 0.3) is 11.4 Å². The molecule has 0 saturated heterocycles. The highest BCUT2D eigenvalue weighted by Gasteiger charge is 2.15. The maximum atomic E-state index is 12.0. The number of anilines is 1. The normalized spacial score (nSPS) is 10.8. The van der Waals surface area contributed by atoms with E-state index < -0.39 is 0 Å². The molecule has 10 heteroatoms. The van der Waals surface area contributed by atoms with Crippen LogP contribution >= 0.6 is 23.1 Å². The highest BCUT2D eigenvalue weighted by atomic mass is 32.2. The van der Waals surface area contributed by atoms with Gasteiger partial charge in [0.1, 0.15) is 0 Å². The topological polar surface area (TPSA) is 94.8 Å². The average Bonchev–Trinajstić information content (AvgIpc) is 3.28. The SMILES string of the molecule is COCCn1c(SCC(=O)Nc2nccs2)nnc1-c1ccncc1. The molecule has 0 bridgehead atoms. The third kappa shape index (κ3) is 4.62. The van der Waals surface area contributed by atoms with E-state index in [1.807, 2.05) is 22.1 Å². The highest BCUT2D eigenvalue weighted by Crippen LogP contribution is 2.24. The van der Waals surface area contributed by atoms with Gasteiger partial charge in [0.2, 0.25) is 5.91 Å². The molecule has 1 amide bonds. The Morgan fingerprint density at radius 3 is 2.88 bits per heavy atom. The summed E-state index contributed by atoms with van der Waals surface area (Å²) in [5.74, 6) is 0.815. The van der Waals surface area contributed by atoms with E-state index in [4.69, 9.17) is 4.74 Å². The fourth-order valence-corrected chi connectivity index (χ4v) is 3.37. The predicted octanol–water partition coefficient (Wildman–Crippen LogP) is 2.17. The molecule has 3 rings (SSSR count). The van der Waals surface area contributed by atoms with Crippen molar-refractivity contribution in [2.45, 2.75) is 11.7 Å². The van der Waals surface area contributed by atoms with Crippen LogP contribution in [0.4, 0.5) is 5.13 Å². The standard InChI is InChI=1S/C15H16N6O2S2/c1-23-8-7-21-13(11-2-4-16-5-3-11)19-20-15(21)25-10-12(22)18-14-17-6-9-24-14/h2-6,9H,7-8,10H2,1H3,(H,17,18,22). The lowest BCUT2D eigenvalue weighted by atomic mass is 10.2. The van der Waals surface area contributed by atoms with Gasteiger partial charge in [-0.1, -0.05) is 11.8 Å². The molecule has 0 radical (unpaired) electrons. The third-order valence-corrected chi connectivity index (χ3v) is 4.84. The zero-order valence-corrected chi connectivity index (χ0v) is 15.1. The number of hydrogen-bond acceptors (Lipinski definition) is 8. The molecule has 0 unspecified atom stereocenters. The Bertz CT molecular complexity index is 807. The van der Waals surface area contributed by atoms with Gasteiger partial charge in [-0.25, -0.2) is 4.98 Å². The number of nitrogens with zero attached hydrogens (tertiary/aromatic N) is 5. The van der Waals surface area contributed by atoms with E-state index in [1.165, 1.54) is 23.1 Å². The molecule has 0 aliphatic rings. The summed E-state index contributed by atoms with van der Waals surface area (Å²) >= 11 is 2.71. The number of thioether (sulfide) groups is 1. The van der Waals surface area contributed by atoms with Gasteiger partial charge in [0.15, 0.2) is 16.1 Å². The van der Waals surface area contributed by atoms with Crippen molar-refractivity contribution in [3.05, 3.63) is 36.1 Å². The van der Waals surface area contributed by atoms with E-state index in [9.17, 15) is 4.79 Å². The second-order valence-corrected chi connectivity index (χ2v) is 6.70. The number of pyridine rings is 1. The Hall–Kier alpha value is -2.30. The predicted molar refractivity (Wildman–Crippen MR) is 96.6 cm³/mol. The Morgan fingerprint density at radius 2 is 2.16 bits per heavy atom. The number of carbonyl (C=O) groups excluding carboxylic acids is 1. The van der Waals surface area contributed by atoms with Gasteiger partial charge in [0, 0.05) is 36.6 Å². The smallest absolute Gasteiger partial charge is 0.236 e. The van der Waals surface area contributed by atoms with E-state index in [2.05, 4.69) is 25.5 Å². The molecule has 3 aromatic heterocycles. The van der Waals surface area contributed by atoms with E-state index in [1.54, 1.807) is 25.7 Å². The van der Waals surface area contributed by atoms with E-state index >= 15 is 0 Å². The molecule has 8 nitrogen and oxygen atoms in total. The van der Waals surface area contributed by atoms with Crippen LogP contribution in [-0.4, -0.2) is 50.1 Å². The van der Waals surface area contributed by atoms with Gasteiger partial charge in [0.05, 0.1) is 18.9 Å². The van der Waals surface area contributed by atoms with Gasteiger partial charge < -0.3 is 10.1 Å². The number of methoxy groups -OCH3 is 1. The summed E-state index contributed by atoms with van der Waals surface area (Å²) in [4.78, 5) is 20.1. The summed E-state index contributed by atoms with van der Waals surface area (Å²) in [5, 5.41) is 14.3. The fraction of sp³-hybridized carbons (Fsp3) is 0.267. The summed E-state index contributed by atoms with van der Waals surface area (Å²) in [6.07, 6.45) is 5.06. The summed E-state index contributed by atoms with van der Waals surface area (Å²) in [6.45, 7) is 1.12. The van der Waals surface area contributed by atoms with Gasteiger partial charge in [-0.3, -0.25) is 14.3 Å². The van der Waals surface area contributed by atoms with E-state index in [0.29, 0.717) is 23.4 Å². The number of ether oxygens (including phenoxy) is 1. The molecular formula is C15H16N6O2S2. The monoisotopic (exact) mass is 376 g/mol. The summed E-state index contributed by atoms with van der Waals surface area (Å²) < 4.78 is 7.12. The lowest BCUT2D eigenvalue weighted by Gasteiger charge is -2.09. The molecule has 3 aromatic rings. The van der Waals surface area contributed by atoms with Crippen LogP contribution in [0.15, 0.2) is 41.3 Å². The summed E-state index contributed by atoms with van der Waals surface area (Å²) in [5.41, 5.74) is 0.915. The molecular weight excluding hydrogens is 360 g/mol. The van der Waals surface area contributed by atoms with Gasteiger partial charge >= 0.3 is 0 Å². The summed E-state index contributed by atoms with van der Waals surface area (Å²) in [6, 6.07) is 3.74. The van der Waals surface area contributed by atoms with Crippen LogP contribution < -0.4 is 5.32 Å². The molecule has 0 spiro atoms. The maximum absolute atomic E-state index is 12.0. The second-order valence-electron chi connectivity index (χ2n) is 4.86. The number of thiazole rings is 1. The molecule has 3 heterocycles. The van der Waals surface area contributed by atoms with Crippen molar-refractivity contribution in [1.82, 2.24) is 24.7 Å². The molecule has 0 saturated carbocycles. The Labute approximate surface area is 152 Å². The minimum absolute atomic E-state index is 0.133. The van der Waals surface area contributed by atoms with E-state index in [-0.39, 0.29) is 11.7 Å². The first-order chi connectivity index (χ1) is 12.3. The van der Waals surface area contributed by atoms with Crippen LogP contribution in [-0.2, 0) is 16.1 Å². The minimum Gasteiger partial charge on any atom is -0.383 e. The molecule has 0 fully saturated rings. The molecule has 0 aliphatic heterocycles. The van der Waals surface area contributed by atoms with Crippen molar-refractivity contribution < 1.29 is 9.53 Å². The second kappa shape index (κ2) is 8.70. The highest BCUT2D eigenvalue weighted by molar-refractivity contribution is 7.99. The lowest BCUT2D eigenvalue weighted by Crippen LogP contribution is -2.15. The number of amides is 1. The minimum atomic E-state index is -0.133. The number of nitrogens with one attached hydrogen (secondary N) is 1. The lowest BCUT2D eigenvalue weighted by molar-refractivity contribution is -0.113. The molecule has 0 aliphatic carbocycles. The van der Waals surface area contributed by atoms with Crippen molar-refractivity contribution in [2.24, 2.45) is 0 Å². The molecule has 25 heavy (non-hydrogen) atoms. The van der Waals surface area contributed by atoms with E-state index in [0.717, 1.165) is 11.4 Å². The van der Waals surface area contributed by atoms with Crippen molar-refractivity contribution in [3.8, 4) is 11.4 Å². The van der Waals surface area contributed by atoms with Gasteiger partial charge in [0.25, 0.3) is 0 Å². The van der Waals surface area contributed by atoms with Crippen molar-refractivity contribution >= 4 is 34.1 Å². The van der Waals surface area contributed by atoms with Crippen LogP contribution in [0.2, 0.25) is 0 Å². The van der Waals surface area contributed by atoms with Crippen LogP contribution in [0.1, 0.15) is 0 Å². The first kappa shape index (κ1) is 17.5. The Kier molecular flexibility index (Phi) is 6.09. The Balaban J connectivity index is 1.72. The molecule has 130 valence electrons. The average molecular weight is 376 g/mol. The fourth-order valence-electron chi connectivity index (χ4n) is 2.06. The van der Waals surface area contributed by atoms with Gasteiger partial charge in [-0.05, 0) is 12.1 Å². The first-order valence-corrected chi connectivity index (χ1v) is 9.29.